The van der Waals surface area contributed by atoms with E-state index >= 15 is 0 Å². The number of nitrogens with zero attached hydrogens (tertiary/aromatic N) is 1. The molecule has 1 aromatic carbocycles. The third kappa shape index (κ3) is 3.49. The molecule has 1 amide bonds. The van der Waals surface area contributed by atoms with E-state index in [-0.39, 0.29) is 12.0 Å². The van der Waals surface area contributed by atoms with Gasteiger partial charge in [-0.05, 0) is 18.2 Å². The van der Waals surface area contributed by atoms with Crippen molar-refractivity contribution >= 4 is 37.8 Å². The summed E-state index contributed by atoms with van der Waals surface area (Å²) in [5, 5.41) is 0.730. The Morgan fingerprint density at radius 1 is 1.58 bits per heavy atom. The van der Waals surface area contributed by atoms with Gasteiger partial charge in [-0.1, -0.05) is 31.9 Å². The van der Waals surface area contributed by atoms with Crippen molar-refractivity contribution in [1.82, 2.24) is 4.90 Å². The van der Waals surface area contributed by atoms with Crippen LogP contribution in [0.4, 0.5) is 0 Å². The Kier molecular flexibility index (Phi) is 5.24. The van der Waals surface area contributed by atoms with Gasteiger partial charge in [-0.15, -0.1) is 0 Å². The number of carbonyl (C=O) groups excluding carboxylic acids is 1. The largest absolute Gasteiger partial charge is 0.496 e. The first-order valence-electron chi connectivity index (χ1n) is 5.96. The summed E-state index contributed by atoms with van der Waals surface area (Å²) >= 11 is 6.76. The summed E-state index contributed by atoms with van der Waals surface area (Å²) in [5.74, 6) is 0.569. The lowest BCUT2D eigenvalue weighted by Gasteiger charge is -2.32. The third-order valence-electron chi connectivity index (χ3n) is 2.99. The van der Waals surface area contributed by atoms with Gasteiger partial charge in [0, 0.05) is 22.9 Å². The molecule has 1 fully saturated rings. The van der Waals surface area contributed by atoms with Gasteiger partial charge in [0.1, 0.15) is 5.75 Å². The predicted octanol–water partition coefficient (Wildman–Crippen LogP) is 2.69. The highest BCUT2D eigenvalue weighted by atomic mass is 79.9. The molecule has 2 rings (SSSR count). The van der Waals surface area contributed by atoms with E-state index in [1.54, 1.807) is 24.1 Å². The number of halogens is 2. The standard InChI is InChI=1S/C13H15Br2NO3/c1-18-12-6-9(15)2-3-11(12)13(17)16-4-5-19-10(7-14)8-16/h2-3,6,10H,4-5,7-8H2,1H3. The maximum atomic E-state index is 12.5. The zero-order valence-corrected chi connectivity index (χ0v) is 13.7. The molecular weight excluding hydrogens is 378 g/mol. The van der Waals surface area contributed by atoms with E-state index < -0.39 is 0 Å². The molecule has 0 N–H and O–H groups in total. The van der Waals surface area contributed by atoms with Gasteiger partial charge < -0.3 is 14.4 Å². The lowest BCUT2D eigenvalue weighted by Crippen LogP contribution is -2.46. The smallest absolute Gasteiger partial charge is 0.257 e. The van der Waals surface area contributed by atoms with E-state index in [2.05, 4.69) is 31.9 Å². The van der Waals surface area contributed by atoms with Gasteiger partial charge in [0.05, 0.1) is 25.4 Å². The van der Waals surface area contributed by atoms with Crippen LogP contribution in [-0.2, 0) is 4.74 Å². The van der Waals surface area contributed by atoms with Crippen LogP contribution < -0.4 is 4.74 Å². The number of hydrogen-bond acceptors (Lipinski definition) is 3. The van der Waals surface area contributed by atoms with Crippen molar-refractivity contribution in [2.75, 3.05) is 32.1 Å². The Morgan fingerprint density at radius 3 is 3.05 bits per heavy atom. The second-order valence-corrected chi connectivity index (χ2v) is 5.81. The Hall–Kier alpha value is -0.590. The van der Waals surface area contributed by atoms with Crippen LogP contribution in [0.5, 0.6) is 5.75 Å². The molecule has 0 radical (unpaired) electrons. The highest BCUT2D eigenvalue weighted by molar-refractivity contribution is 9.10. The number of rotatable bonds is 3. The first-order valence-corrected chi connectivity index (χ1v) is 7.87. The molecule has 0 aliphatic carbocycles. The molecular formula is C13H15Br2NO3. The number of morpholine rings is 1. The number of carbonyl (C=O) groups is 1. The van der Waals surface area contributed by atoms with Crippen LogP contribution in [0.15, 0.2) is 22.7 Å². The number of amides is 1. The molecule has 0 spiro atoms. The molecule has 1 saturated heterocycles. The van der Waals surface area contributed by atoms with Crippen molar-refractivity contribution < 1.29 is 14.3 Å². The summed E-state index contributed by atoms with van der Waals surface area (Å²) in [6, 6.07) is 5.43. The van der Waals surface area contributed by atoms with Crippen molar-refractivity contribution in [2.24, 2.45) is 0 Å². The fraction of sp³-hybridized carbons (Fsp3) is 0.462. The number of alkyl halides is 1. The van der Waals surface area contributed by atoms with Gasteiger partial charge in [0.15, 0.2) is 0 Å². The fourth-order valence-electron chi connectivity index (χ4n) is 2.01. The van der Waals surface area contributed by atoms with Crippen molar-refractivity contribution in [3.8, 4) is 5.75 Å². The first-order chi connectivity index (χ1) is 9.15. The molecule has 1 atom stereocenters. The molecule has 1 aliphatic heterocycles. The fourth-order valence-corrected chi connectivity index (χ4v) is 2.74. The first kappa shape index (κ1) is 14.8. The van der Waals surface area contributed by atoms with E-state index in [0.717, 1.165) is 9.80 Å². The van der Waals surface area contributed by atoms with Crippen LogP contribution in [0.3, 0.4) is 0 Å². The lowest BCUT2D eigenvalue weighted by atomic mass is 10.1. The Bertz CT molecular complexity index is 467. The average molecular weight is 393 g/mol. The van der Waals surface area contributed by atoms with E-state index in [0.29, 0.717) is 31.0 Å². The molecule has 0 aromatic heterocycles. The summed E-state index contributed by atoms with van der Waals surface area (Å²) < 4.78 is 11.7. The summed E-state index contributed by atoms with van der Waals surface area (Å²) in [6.07, 6.45) is 0.0548. The van der Waals surface area contributed by atoms with Gasteiger partial charge in [0.2, 0.25) is 0 Å². The topological polar surface area (TPSA) is 38.8 Å². The summed E-state index contributed by atoms with van der Waals surface area (Å²) in [6.45, 7) is 1.78. The summed E-state index contributed by atoms with van der Waals surface area (Å²) in [7, 11) is 1.57. The van der Waals surface area contributed by atoms with Gasteiger partial charge in [-0.2, -0.15) is 0 Å². The molecule has 0 bridgehead atoms. The molecule has 6 heteroatoms. The number of ether oxygens (including phenoxy) is 2. The van der Waals surface area contributed by atoms with Crippen LogP contribution >= 0.6 is 31.9 Å². The minimum atomic E-state index is -0.0152. The predicted molar refractivity (Wildman–Crippen MR) is 80.1 cm³/mol. The molecule has 1 aromatic rings. The minimum absolute atomic E-state index is 0.0152. The van der Waals surface area contributed by atoms with Crippen molar-refractivity contribution in [3.63, 3.8) is 0 Å². The zero-order valence-electron chi connectivity index (χ0n) is 10.6. The van der Waals surface area contributed by atoms with E-state index in [1.807, 2.05) is 6.07 Å². The van der Waals surface area contributed by atoms with Gasteiger partial charge in [-0.25, -0.2) is 0 Å². The second-order valence-electron chi connectivity index (χ2n) is 4.24. The van der Waals surface area contributed by atoms with Crippen molar-refractivity contribution in [3.05, 3.63) is 28.2 Å². The molecule has 1 heterocycles. The minimum Gasteiger partial charge on any atom is -0.496 e. The van der Waals surface area contributed by atoms with E-state index in [1.165, 1.54) is 0 Å². The van der Waals surface area contributed by atoms with Crippen molar-refractivity contribution in [2.45, 2.75) is 6.10 Å². The van der Waals surface area contributed by atoms with Crippen LogP contribution in [0.1, 0.15) is 10.4 Å². The quantitative estimate of drug-likeness (QED) is 0.742. The molecule has 1 unspecified atom stereocenters. The Balaban J connectivity index is 2.19. The van der Waals surface area contributed by atoms with Crippen molar-refractivity contribution in [1.29, 1.82) is 0 Å². The van der Waals surface area contributed by atoms with Gasteiger partial charge in [-0.3, -0.25) is 4.79 Å². The normalized spacial score (nSPS) is 19.3. The monoisotopic (exact) mass is 391 g/mol. The van der Waals surface area contributed by atoms with E-state index in [9.17, 15) is 4.79 Å². The molecule has 19 heavy (non-hydrogen) atoms. The van der Waals surface area contributed by atoms with Crippen LogP contribution in [0.25, 0.3) is 0 Å². The lowest BCUT2D eigenvalue weighted by molar-refractivity contribution is -0.00975. The molecule has 104 valence electrons. The zero-order chi connectivity index (χ0) is 13.8. The Labute approximate surface area is 129 Å². The van der Waals surface area contributed by atoms with Crippen LogP contribution in [0, 0.1) is 0 Å². The van der Waals surface area contributed by atoms with E-state index in [4.69, 9.17) is 9.47 Å². The van der Waals surface area contributed by atoms with Crippen LogP contribution in [-0.4, -0.2) is 49.0 Å². The Morgan fingerprint density at radius 2 is 2.37 bits per heavy atom. The number of methoxy groups -OCH3 is 1. The maximum absolute atomic E-state index is 12.5. The third-order valence-corrected chi connectivity index (χ3v) is 4.21. The average Bonchev–Trinajstić information content (AvgIpc) is 2.46. The number of hydrogen-bond donors (Lipinski definition) is 0. The number of benzene rings is 1. The highest BCUT2D eigenvalue weighted by Crippen LogP contribution is 2.25. The van der Waals surface area contributed by atoms with Gasteiger partial charge in [0.25, 0.3) is 5.91 Å². The van der Waals surface area contributed by atoms with Gasteiger partial charge >= 0.3 is 0 Å². The van der Waals surface area contributed by atoms with Crippen LogP contribution in [0.2, 0.25) is 0 Å². The SMILES string of the molecule is COc1cc(Br)ccc1C(=O)N1CCOC(CBr)C1. The summed E-state index contributed by atoms with van der Waals surface area (Å²) in [4.78, 5) is 14.3. The molecule has 0 saturated carbocycles. The highest BCUT2D eigenvalue weighted by Gasteiger charge is 2.26. The molecule has 1 aliphatic rings. The maximum Gasteiger partial charge on any atom is 0.257 e. The summed E-state index contributed by atoms with van der Waals surface area (Å²) in [5.41, 5.74) is 0.584. The molecule has 4 nitrogen and oxygen atoms in total. The second kappa shape index (κ2) is 6.72.